The molecule has 128 valence electrons. The van der Waals surface area contributed by atoms with Gasteiger partial charge in [0, 0.05) is 18.3 Å². The number of para-hydroxylation sites is 1. The average Bonchev–Trinajstić information content (AvgIpc) is 2.49. The highest BCUT2D eigenvalue weighted by molar-refractivity contribution is 7.92. The third-order valence-electron chi connectivity index (χ3n) is 3.76. The first-order valence-corrected chi connectivity index (χ1v) is 9.45. The molecule has 1 amide bonds. The van der Waals surface area contributed by atoms with Crippen molar-refractivity contribution < 1.29 is 13.2 Å². The van der Waals surface area contributed by atoms with E-state index in [-0.39, 0.29) is 16.6 Å². The maximum absolute atomic E-state index is 12.5. The summed E-state index contributed by atoms with van der Waals surface area (Å²) in [5.41, 5.74) is 3.23. The summed E-state index contributed by atoms with van der Waals surface area (Å²) in [5, 5.41) is 3.13. The van der Waals surface area contributed by atoms with Gasteiger partial charge in [0.05, 0.1) is 17.0 Å². The minimum atomic E-state index is -3.48. The number of rotatable bonds is 4. The second-order valence-electron chi connectivity index (χ2n) is 5.62. The molecule has 2 aromatic carbocycles. The Morgan fingerprint density at radius 2 is 1.71 bits per heavy atom. The highest BCUT2D eigenvalue weighted by Gasteiger charge is 2.18. The summed E-state index contributed by atoms with van der Waals surface area (Å²) in [4.78, 5) is 12.5. The summed E-state index contributed by atoms with van der Waals surface area (Å²) in [7, 11) is -2.08. The molecule has 0 unspecified atom stereocenters. The lowest BCUT2D eigenvalue weighted by Gasteiger charge is -2.19. The van der Waals surface area contributed by atoms with Crippen molar-refractivity contribution in [3.63, 3.8) is 0 Å². The molecular formula is C17H19ClN2O3S. The van der Waals surface area contributed by atoms with Crippen molar-refractivity contribution in [1.29, 1.82) is 0 Å². The van der Waals surface area contributed by atoms with E-state index in [0.29, 0.717) is 5.56 Å². The maximum Gasteiger partial charge on any atom is 0.255 e. The van der Waals surface area contributed by atoms with Crippen LogP contribution in [0.2, 0.25) is 5.02 Å². The van der Waals surface area contributed by atoms with Gasteiger partial charge in [-0.05, 0) is 43.2 Å². The Balaban J connectivity index is 2.38. The van der Waals surface area contributed by atoms with Gasteiger partial charge in [0.15, 0.2) is 0 Å². The number of nitrogens with zero attached hydrogens (tertiary/aromatic N) is 1. The predicted molar refractivity (Wildman–Crippen MR) is 98.6 cm³/mol. The van der Waals surface area contributed by atoms with Gasteiger partial charge in [0.25, 0.3) is 5.91 Å². The van der Waals surface area contributed by atoms with Crippen molar-refractivity contribution in [1.82, 2.24) is 0 Å². The second-order valence-corrected chi connectivity index (χ2v) is 8.04. The third-order valence-corrected chi connectivity index (χ3v) is 5.28. The molecule has 0 fully saturated rings. The first-order valence-electron chi connectivity index (χ1n) is 7.22. The Morgan fingerprint density at radius 1 is 1.12 bits per heavy atom. The lowest BCUT2D eigenvalue weighted by molar-refractivity contribution is 0.102. The van der Waals surface area contributed by atoms with Crippen LogP contribution in [0.3, 0.4) is 0 Å². The molecule has 0 heterocycles. The quantitative estimate of drug-likeness (QED) is 0.898. The number of sulfonamides is 1. The molecule has 5 nitrogen and oxygen atoms in total. The average molecular weight is 367 g/mol. The van der Waals surface area contributed by atoms with Crippen LogP contribution in [0.5, 0.6) is 0 Å². The second kappa shape index (κ2) is 6.83. The van der Waals surface area contributed by atoms with Crippen LogP contribution >= 0.6 is 11.6 Å². The number of aryl methyl sites for hydroxylation is 2. The van der Waals surface area contributed by atoms with Crippen molar-refractivity contribution in [3.8, 4) is 0 Å². The zero-order valence-corrected chi connectivity index (χ0v) is 15.5. The summed E-state index contributed by atoms with van der Waals surface area (Å²) in [6.07, 6.45) is 1.08. The van der Waals surface area contributed by atoms with Gasteiger partial charge in [-0.15, -0.1) is 0 Å². The molecule has 2 aromatic rings. The van der Waals surface area contributed by atoms with E-state index < -0.39 is 10.0 Å². The van der Waals surface area contributed by atoms with Crippen LogP contribution in [-0.2, 0) is 10.0 Å². The molecule has 0 spiro atoms. The van der Waals surface area contributed by atoms with Gasteiger partial charge in [0.2, 0.25) is 10.0 Å². The fourth-order valence-electron chi connectivity index (χ4n) is 2.27. The van der Waals surface area contributed by atoms with Crippen molar-refractivity contribution in [3.05, 3.63) is 58.1 Å². The van der Waals surface area contributed by atoms with Gasteiger partial charge in [-0.1, -0.05) is 29.8 Å². The molecule has 0 bridgehead atoms. The molecule has 0 aliphatic carbocycles. The van der Waals surface area contributed by atoms with Gasteiger partial charge < -0.3 is 5.32 Å². The number of hydrogen-bond donors (Lipinski definition) is 1. The van der Waals surface area contributed by atoms with Crippen LogP contribution in [-0.4, -0.2) is 27.6 Å². The van der Waals surface area contributed by atoms with E-state index in [0.717, 1.165) is 27.4 Å². The number of hydrogen-bond acceptors (Lipinski definition) is 3. The lowest BCUT2D eigenvalue weighted by atomic mass is 10.1. The molecule has 0 aliphatic rings. The number of benzene rings is 2. The topological polar surface area (TPSA) is 66.5 Å². The lowest BCUT2D eigenvalue weighted by Crippen LogP contribution is -2.25. The largest absolute Gasteiger partial charge is 0.322 e. The fraction of sp³-hybridized carbons (Fsp3) is 0.235. The Kier molecular flexibility index (Phi) is 5.20. The zero-order chi connectivity index (χ0) is 18.1. The van der Waals surface area contributed by atoms with Crippen LogP contribution < -0.4 is 9.62 Å². The predicted octanol–water partition coefficient (Wildman–Crippen LogP) is 3.60. The smallest absolute Gasteiger partial charge is 0.255 e. The van der Waals surface area contributed by atoms with E-state index in [1.165, 1.54) is 19.2 Å². The van der Waals surface area contributed by atoms with E-state index >= 15 is 0 Å². The standard InChI is InChI=1S/C17H19ClN2O3S/c1-11-6-5-7-12(2)16(11)19-17(21)13-8-9-14(18)15(10-13)20(3)24(4,22)23/h5-10H,1-4H3,(H,19,21). The van der Waals surface area contributed by atoms with Gasteiger partial charge in [-0.2, -0.15) is 0 Å². The van der Waals surface area contributed by atoms with Gasteiger partial charge in [-0.3, -0.25) is 9.10 Å². The SMILES string of the molecule is Cc1cccc(C)c1NC(=O)c1ccc(Cl)c(N(C)S(C)(=O)=O)c1. The zero-order valence-electron chi connectivity index (χ0n) is 13.9. The first kappa shape index (κ1) is 18.3. The van der Waals surface area contributed by atoms with Crippen LogP contribution in [0.25, 0.3) is 0 Å². The molecule has 0 aliphatic heterocycles. The number of amides is 1. The molecule has 0 radical (unpaired) electrons. The van der Waals surface area contributed by atoms with E-state index in [1.807, 2.05) is 32.0 Å². The Bertz CT molecular complexity index is 874. The molecule has 2 rings (SSSR count). The van der Waals surface area contributed by atoms with Gasteiger partial charge in [-0.25, -0.2) is 8.42 Å². The highest BCUT2D eigenvalue weighted by atomic mass is 35.5. The molecule has 0 saturated carbocycles. The molecule has 24 heavy (non-hydrogen) atoms. The van der Waals surface area contributed by atoms with Crippen LogP contribution in [0.4, 0.5) is 11.4 Å². The fourth-order valence-corrected chi connectivity index (χ4v) is 3.07. The van der Waals surface area contributed by atoms with Crippen LogP contribution in [0, 0.1) is 13.8 Å². The van der Waals surface area contributed by atoms with E-state index in [9.17, 15) is 13.2 Å². The van der Waals surface area contributed by atoms with E-state index in [4.69, 9.17) is 11.6 Å². The molecular weight excluding hydrogens is 348 g/mol. The number of anilines is 2. The maximum atomic E-state index is 12.5. The minimum absolute atomic E-state index is 0.256. The first-order chi connectivity index (χ1) is 11.1. The van der Waals surface area contributed by atoms with Crippen molar-refractivity contribution >= 4 is 38.9 Å². The summed E-state index contributed by atoms with van der Waals surface area (Å²) in [6, 6.07) is 10.3. The van der Waals surface area contributed by atoms with E-state index in [1.54, 1.807) is 6.07 Å². The molecule has 7 heteroatoms. The summed E-state index contributed by atoms with van der Waals surface area (Å²) in [5.74, 6) is -0.327. The Morgan fingerprint density at radius 3 is 2.25 bits per heavy atom. The summed E-state index contributed by atoms with van der Waals surface area (Å²) in [6.45, 7) is 3.82. The third kappa shape index (κ3) is 3.88. The summed E-state index contributed by atoms with van der Waals surface area (Å²) < 4.78 is 24.5. The van der Waals surface area contributed by atoms with Crippen molar-refractivity contribution in [2.24, 2.45) is 0 Å². The number of halogens is 1. The number of carbonyl (C=O) groups excluding carboxylic acids is 1. The molecule has 0 atom stereocenters. The number of carbonyl (C=O) groups is 1. The highest BCUT2D eigenvalue weighted by Crippen LogP contribution is 2.28. The Labute approximate surface area is 147 Å². The molecule has 0 aromatic heterocycles. The van der Waals surface area contributed by atoms with Gasteiger partial charge in [0.1, 0.15) is 0 Å². The van der Waals surface area contributed by atoms with Gasteiger partial charge >= 0.3 is 0 Å². The van der Waals surface area contributed by atoms with Crippen LogP contribution in [0.15, 0.2) is 36.4 Å². The van der Waals surface area contributed by atoms with Crippen molar-refractivity contribution in [2.75, 3.05) is 22.9 Å². The molecule has 0 saturated heterocycles. The number of nitrogens with one attached hydrogen (secondary N) is 1. The minimum Gasteiger partial charge on any atom is -0.322 e. The van der Waals surface area contributed by atoms with E-state index in [2.05, 4.69) is 5.32 Å². The van der Waals surface area contributed by atoms with Crippen LogP contribution in [0.1, 0.15) is 21.5 Å². The summed E-state index contributed by atoms with van der Waals surface area (Å²) >= 11 is 6.07. The van der Waals surface area contributed by atoms with Crippen molar-refractivity contribution in [2.45, 2.75) is 13.8 Å². The molecule has 1 N–H and O–H groups in total. The Hall–Kier alpha value is -2.05. The normalized spacial score (nSPS) is 11.2. The monoisotopic (exact) mass is 366 g/mol.